The van der Waals surface area contributed by atoms with Crippen LogP contribution in [0.1, 0.15) is 40.0 Å². The maximum atomic E-state index is 10.0. The minimum absolute atomic E-state index is 0.453. The van der Waals surface area contributed by atoms with E-state index in [-0.39, 0.29) is 0 Å². The predicted molar refractivity (Wildman–Crippen MR) is 55.1 cm³/mol. The summed E-state index contributed by atoms with van der Waals surface area (Å²) in [6, 6.07) is 0. The Balaban J connectivity index is 0.000000249. The van der Waals surface area contributed by atoms with Crippen LogP contribution in [0.4, 0.5) is 4.79 Å². The molecule has 1 amide bonds. The van der Waals surface area contributed by atoms with E-state index in [9.17, 15) is 4.79 Å². The number of primary amides is 1. The van der Waals surface area contributed by atoms with Crippen molar-refractivity contribution >= 4 is 6.09 Å². The molecular weight excluding hydrogens is 182 g/mol. The van der Waals surface area contributed by atoms with Gasteiger partial charge in [-0.2, -0.15) is 0 Å². The lowest BCUT2D eigenvalue weighted by molar-refractivity contribution is 0.0600. The number of amides is 1. The average Bonchev–Trinajstić information content (AvgIpc) is 2.03. The van der Waals surface area contributed by atoms with Crippen molar-refractivity contribution < 1.29 is 14.3 Å². The van der Waals surface area contributed by atoms with Crippen LogP contribution in [0.3, 0.4) is 0 Å². The summed E-state index contributed by atoms with van der Waals surface area (Å²) in [5.74, 6) is 0. The van der Waals surface area contributed by atoms with Crippen LogP contribution in [-0.2, 0) is 9.47 Å². The van der Waals surface area contributed by atoms with Crippen molar-refractivity contribution in [2.45, 2.75) is 45.6 Å². The Bertz CT molecular complexity index is 148. The molecule has 1 aliphatic heterocycles. The first-order valence-electron chi connectivity index (χ1n) is 4.98. The van der Waals surface area contributed by atoms with E-state index in [0.29, 0.717) is 0 Å². The van der Waals surface area contributed by atoms with Crippen LogP contribution in [-0.4, -0.2) is 24.9 Å². The van der Waals surface area contributed by atoms with Gasteiger partial charge in [0.15, 0.2) is 0 Å². The fourth-order valence-corrected chi connectivity index (χ4v) is 0.989. The molecule has 1 rings (SSSR count). The van der Waals surface area contributed by atoms with Crippen molar-refractivity contribution in [2.24, 2.45) is 5.73 Å². The number of carbonyl (C=O) groups is 1. The molecule has 0 radical (unpaired) electrons. The molecule has 4 heteroatoms. The van der Waals surface area contributed by atoms with Crippen molar-refractivity contribution in [1.29, 1.82) is 0 Å². The second-order valence-corrected chi connectivity index (χ2v) is 4.21. The number of carbonyl (C=O) groups excluding carboxylic acids is 1. The van der Waals surface area contributed by atoms with E-state index in [2.05, 4.69) is 4.74 Å². The highest BCUT2D eigenvalue weighted by Gasteiger charge is 2.12. The third-order valence-corrected chi connectivity index (χ3v) is 1.48. The highest BCUT2D eigenvalue weighted by atomic mass is 16.6. The van der Waals surface area contributed by atoms with E-state index in [1.807, 2.05) is 0 Å². The average molecular weight is 203 g/mol. The SMILES string of the molecule is C1CCOCC1.CC(C)(C)OC(N)=O. The summed E-state index contributed by atoms with van der Waals surface area (Å²) < 4.78 is 9.65. The van der Waals surface area contributed by atoms with Crippen LogP contribution in [0.2, 0.25) is 0 Å². The molecule has 1 heterocycles. The number of rotatable bonds is 0. The quantitative estimate of drug-likeness (QED) is 0.655. The molecule has 84 valence electrons. The summed E-state index contributed by atoms with van der Waals surface area (Å²) in [5, 5.41) is 0. The van der Waals surface area contributed by atoms with Crippen molar-refractivity contribution in [1.82, 2.24) is 0 Å². The lowest BCUT2D eigenvalue weighted by Crippen LogP contribution is -2.27. The van der Waals surface area contributed by atoms with Crippen molar-refractivity contribution in [3.63, 3.8) is 0 Å². The Kier molecular flexibility index (Phi) is 6.28. The zero-order valence-electron chi connectivity index (χ0n) is 9.34. The zero-order chi connectivity index (χ0) is 11.0. The maximum absolute atomic E-state index is 10.0. The number of hydrogen-bond acceptors (Lipinski definition) is 3. The molecule has 2 N–H and O–H groups in total. The second-order valence-electron chi connectivity index (χ2n) is 4.21. The standard InChI is InChI=1S/C5H11NO2.C5H10O/c1-5(2,3)8-4(6)7;1-2-4-6-5-3-1/h1-3H3,(H2,6,7);1-5H2. The summed E-state index contributed by atoms with van der Waals surface area (Å²) in [5.41, 5.74) is 4.26. The third kappa shape index (κ3) is 11.2. The van der Waals surface area contributed by atoms with E-state index in [0.717, 1.165) is 13.2 Å². The molecule has 0 bridgehead atoms. The van der Waals surface area contributed by atoms with Gasteiger partial charge in [-0.15, -0.1) is 0 Å². The molecule has 1 aliphatic rings. The van der Waals surface area contributed by atoms with Gasteiger partial charge in [0, 0.05) is 13.2 Å². The molecule has 14 heavy (non-hydrogen) atoms. The van der Waals surface area contributed by atoms with Gasteiger partial charge in [0.05, 0.1) is 0 Å². The van der Waals surface area contributed by atoms with Gasteiger partial charge in [-0.1, -0.05) is 0 Å². The van der Waals surface area contributed by atoms with Gasteiger partial charge in [-0.3, -0.25) is 0 Å². The molecule has 0 aromatic rings. The molecule has 0 aromatic carbocycles. The van der Waals surface area contributed by atoms with Crippen LogP contribution in [0.25, 0.3) is 0 Å². The summed E-state index contributed by atoms with van der Waals surface area (Å²) in [6.45, 7) is 7.28. The molecular formula is C10H21NO3. The van der Waals surface area contributed by atoms with E-state index < -0.39 is 11.7 Å². The minimum Gasteiger partial charge on any atom is -0.444 e. The van der Waals surface area contributed by atoms with Gasteiger partial charge in [0.1, 0.15) is 5.60 Å². The smallest absolute Gasteiger partial charge is 0.405 e. The Morgan fingerprint density at radius 1 is 1.21 bits per heavy atom. The summed E-state index contributed by atoms with van der Waals surface area (Å²) >= 11 is 0. The topological polar surface area (TPSA) is 61.6 Å². The van der Waals surface area contributed by atoms with Gasteiger partial charge in [-0.05, 0) is 40.0 Å². The Morgan fingerprint density at radius 2 is 1.71 bits per heavy atom. The van der Waals surface area contributed by atoms with Crippen LogP contribution in [0.5, 0.6) is 0 Å². The lowest BCUT2D eigenvalue weighted by Gasteiger charge is -2.16. The lowest BCUT2D eigenvalue weighted by atomic mass is 10.2. The molecule has 1 saturated heterocycles. The number of ether oxygens (including phenoxy) is 2. The van der Waals surface area contributed by atoms with Crippen molar-refractivity contribution in [3.05, 3.63) is 0 Å². The van der Waals surface area contributed by atoms with Gasteiger partial charge < -0.3 is 15.2 Å². The van der Waals surface area contributed by atoms with Crippen LogP contribution >= 0.6 is 0 Å². The normalized spacial score (nSPS) is 16.5. The number of hydrogen-bond donors (Lipinski definition) is 1. The van der Waals surface area contributed by atoms with Crippen LogP contribution in [0, 0.1) is 0 Å². The molecule has 0 aliphatic carbocycles. The van der Waals surface area contributed by atoms with E-state index in [1.165, 1.54) is 19.3 Å². The Labute approximate surface area is 85.8 Å². The van der Waals surface area contributed by atoms with Crippen LogP contribution in [0.15, 0.2) is 0 Å². The highest BCUT2D eigenvalue weighted by molar-refractivity contribution is 5.65. The largest absolute Gasteiger partial charge is 0.444 e. The molecule has 0 saturated carbocycles. The minimum atomic E-state index is -0.725. The second kappa shape index (κ2) is 6.65. The monoisotopic (exact) mass is 203 g/mol. The fourth-order valence-electron chi connectivity index (χ4n) is 0.989. The van der Waals surface area contributed by atoms with E-state index in [1.54, 1.807) is 20.8 Å². The number of nitrogens with two attached hydrogens (primary N) is 1. The van der Waals surface area contributed by atoms with Gasteiger partial charge in [0.2, 0.25) is 0 Å². The molecule has 0 atom stereocenters. The summed E-state index contributed by atoms with van der Waals surface area (Å²) in [7, 11) is 0. The Hall–Kier alpha value is -0.770. The molecule has 0 unspecified atom stereocenters. The third-order valence-electron chi connectivity index (χ3n) is 1.48. The summed E-state index contributed by atoms with van der Waals surface area (Å²) in [6.07, 6.45) is 3.21. The van der Waals surface area contributed by atoms with Crippen LogP contribution < -0.4 is 5.73 Å². The van der Waals surface area contributed by atoms with Crippen molar-refractivity contribution in [3.8, 4) is 0 Å². The first-order valence-corrected chi connectivity index (χ1v) is 4.98. The summed E-state index contributed by atoms with van der Waals surface area (Å²) in [4.78, 5) is 10.0. The molecule has 0 aromatic heterocycles. The van der Waals surface area contributed by atoms with Crippen molar-refractivity contribution in [2.75, 3.05) is 13.2 Å². The predicted octanol–water partition coefficient (Wildman–Crippen LogP) is 2.07. The zero-order valence-corrected chi connectivity index (χ0v) is 9.34. The highest BCUT2D eigenvalue weighted by Crippen LogP contribution is 2.04. The maximum Gasteiger partial charge on any atom is 0.405 e. The molecule has 1 fully saturated rings. The molecule has 0 spiro atoms. The first-order chi connectivity index (χ1) is 6.42. The van der Waals surface area contributed by atoms with Gasteiger partial charge in [0.25, 0.3) is 0 Å². The fraction of sp³-hybridized carbons (Fsp3) is 0.900. The molecule has 4 nitrogen and oxygen atoms in total. The van der Waals surface area contributed by atoms with E-state index >= 15 is 0 Å². The first kappa shape index (κ1) is 13.2. The van der Waals surface area contributed by atoms with Gasteiger partial charge in [-0.25, -0.2) is 4.79 Å². The Morgan fingerprint density at radius 3 is 1.79 bits per heavy atom. The van der Waals surface area contributed by atoms with Gasteiger partial charge >= 0.3 is 6.09 Å². The van der Waals surface area contributed by atoms with E-state index in [4.69, 9.17) is 10.5 Å².